The first-order valence-corrected chi connectivity index (χ1v) is 8.69. The van der Waals surface area contributed by atoms with E-state index in [2.05, 4.69) is 35.9 Å². The quantitative estimate of drug-likeness (QED) is 0.704. The third-order valence-corrected chi connectivity index (χ3v) is 4.11. The Labute approximate surface area is 143 Å². The standard InChI is InChI=1S/C18H26N4O2/c1-4-6-13-22(14(3)5-2)17(23)11-10-16-20-18(21-24-16)15-9-7-8-12-19-15/h7-9,12,14H,4-6,10-11,13H2,1-3H3. The lowest BCUT2D eigenvalue weighted by Gasteiger charge is -2.28. The zero-order chi connectivity index (χ0) is 17.4. The Balaban J connectivity index is 1.94. The summed E-state index contributed by atoms with van der Waals surface area (Å²) in [6, 6.07) is 5.80. The van der Waals surface area contributed by atoms with Crippen molar-refractivity contribution in [3.05, 3.63) is 30.3 Å². The third kappa shape index (κ3) is 4.88. The molecule has 2 rings (SSSR count). The number of rotatable bonds is 9. The molecule has 0 N–H and O–H groups in total. The molecule has 2 heterocycles. The van der Waals surface area contributed by atoms with E-state index in [-0.39, 0.29) is 11.9 Å². The van der Waals surface area contributed by atoms with Gasteiger partial charge in [0.1, 0.15) is 5.69 Å². The van der Waals surface area contributed by atoms with Gasteiger partial charge in [-0.3, -0.25) is 9.78 Å². The van der Waals surface area contributed by atoms with Crippen LogP contribution in [0.4, 0.5) is 0 Å². The van der Waals surface area contributed by atoms with Crippen LogP contribution in [0.5, 0.6) is 0 Å². The molecule has 0 bridgehead atoms. The number of hydrogen-bond acceptors (Lipinski definition) is 5. The first-order chi connectivity index (χ1) is 11.7. The Kier molecular flexibility index (Phi) is 6.90. The highest BCUT2D eigenvalue weighted by Crippen LogP contribution is 2.14. The molecule has 1 atom stereocenters. The number of carbonyl (C=O) groups excluding carboxylic acids is 1. The van der Waals surface area contributed by atoms with Crippen LogP contribution in [0.15, 0.2) is 28.9 Å². The molecule has 2 aromatic heterocycles. The average molecular weight is 330 g/mol. The van der Waals surface area contributed by atoms with Crippen molar-refractivity contribution in [2.24, 2.45) is 0 Å². The number of hydrogen-bond donors (Lipinski definition) is 0. The van der Waals surface area contributed by atoms with E-state index < -0.39 is 0 Å². The Bertz CT molecular complexity index is 627. The van der Waals surface area contributed by atoms with E-state index in [1.54, 1.807) is 6.20 Å². The van der Waals surface area contributed by atoms with Crippen molar-refractivity contribution in [2.75, 3.05) is 6.54 Å². The maximum Gasteiger partial charge on any atom is 0.227 e. The van der Waals surface area contributed by atoms with Gasteiger partial charge in [-0.15, -0.1) is 0 Å². The minimum absolute atomic E-state index is 0.149. The first-order valence-electron chi connectivity index (χ1n) is 8.69. The van der Waals surface area contributed by atoms with Gasteiger partial charge in [0.25, 0.3) is 0 Å². The molecule has 6 nitrogen and oxygen atoms in total. The number of carbonyl (C=O) groups is 1. The third-order valence-electron chi connectivity index (χ3n) is 4.11. The molecule has 6 heteroatoms. The second kappa shape index (κ2) is 9.15. The summed E-state index contributed by atoms with van der Waals surface area (Å²) >= 11 is 0. The van der Waals surface area contributed by atoms with Crippen LogP contribution in [0, 0.1) is 0 Å². The van der Waals surface area contributed by atoms with Crippen LogP contribution in [0.3, 0.4) is 0 Å². The SMILES string of the molecule is CCCCN(C(=O)CCc1nc(-c2ccccn2)no1)C(C)CC. The molecule has 0 saturated carbocycles. The molecule has 0 radical (unpaired) electrons. The van der Waals surface area contributed by atoms with Gasteiger partial charge < -0.3 is 9.42 Å². The lowest BCUT2D eigenvalue weighted by atomic mass is 10.1. The van der Waals surface area contributed by atoms with Crippen LogP contribution in [0.25, 0.3) is 11.5 Å². The lowest BCUT2D eigenvalue weighted by molar-refractivity contribution is -0.133. The number of unbranched alkanes of at least 4 members (excludes halogenated alkanes) is 1. The molecule has 2 aromatic rings. The molecule has 24 heavy (non-hydrogen) atoms. The second-order valence-electron chi connectivity index (χ2n) is 5.92. The molecule has 1 unspecified atom stereocenters. The van der Waals surface area contributed by atoms with Crippen LogP contribution >= 0.6 is 0 Å². The van der Waals surface area contributed by atoms with Crippen molar-refractivity contribution in [1.29, 1.82) is 0 Å². The van der Waals surface area contributed by atoms with Crippen LogP contribution < -0.4 is 0 Å². The van der Waals surface area contributed by atoms with Crippen LogP contribution in [-0.2, 0) is 11.2 Å². The predicted octanol–water partition coefficient (Wildman–Crippen LogP) is 3.49. The van der Waals surface area contributed by atoms with Gasteiger partial charge in [0.05, 0.1) is 0 Å². The van der Waals surface area contributed by atoms with E-state index in [1.165, 1.54) is 0 Å². The molecule has 130 valence electrons. The largest absolute Gasteiger partial charge is 0.340 e. The van der Waals surface area contributed by atoms with E-state index >= 15 is 0 Å². The molecule has 0 aliphatic heterocycles. The van der Waals surface area contributed by atoms with E-state index in [0.29, 0.717) is 30.3 Å². The van der Waals surface area contributed by atoms with E-state index in [4.69, 9.17) is 4.52 Å². The topological polar surface area (TPSA) is 72.1 Å². The molecule has 0 aromatic carbocycles. The van der Waals surface area contributed by atoms with Gasteiger partial charge in [0.15, 0.2) is 0 Å². The van der Waals surface area contributed by atoms with Crippen molar-refractivity contribution in [1.82, 2.24) is 20.0 Å². The zero-order valence-corrected chi connectivity index (χ0v) is 14.7. The minimum atomic E-state index is 0.149. The zero-order valence-electron chi connectivity index (χ0n) is 14.7. The highest BCUT2D eigenvalue weighted by Gasteiger charge is 2.19. The molecule has 0 spiro atoms. The van der Waals surface area contributed by atoms with Gasteiger partial charge in [0.2, 0.25) is 17.6 Å². The van der Waals surface area contributed by atoms with E-state index in [1.807, 2.05) is 23.1 Å². The van der Waals surface area contributed by atoms with Gasteiger partial charge in [-0.25, -0.2) is 0 Å². The lowest BCUT2D eigenvalue weighted by Crippen LogP contribution is -2.39. The predicted molar refractivity (Wildman–Crippen MR) is 92.2 cm³/mol. The summed E-state index contributed by atoms with van der Waals surface area (Å²) < 4.78 is 5.25. The molecule has 0 fully saturated rings. The Morgan fingerprint density at radius 3 is 2.83 bits per heavy atom. The summed E-state index contributed by atoms with van der Waals surface area (Å²) in [6.07, 6.45) is 5.60. The van der Waals surface area contributed by atoms with Gasteiger partial charge in [-0.05, 0) is 31.9 Å². The summed E-state index contributed by atoms with van der Waals surface area (Å²) in [5.74, 6) is 1.08. The number of nitrogens with zero attached hydrogens (tertiary/aromatic N) is 4. The first kappa shape index (κ1) is 18.1. The summed E-state index contributed by atoms with van der Waals surface area (Å²) in [5.41, 5.74) is 0.669. The monoisotopic (exact) mass is 330 g/mol. The number of aryl methyl sites for hydroxylation is 1. The van der Waals surface area contributed by atoms with E-state index in [9.17, 15) is 4.79 Å². The molecular weight excluding hydrogens is 304 g/mol. The number of aromatic nitrogens is 3. The summed E-state index contributed by atoms with van der Waals surface area (Å²) in [6.45, 7) is 7.15. The van der Waals surface area contributed by atoms with Gasteiger partial charge in [-0.2, -0.15) is 4.98 Å². The van der Waals surface area contributed by atoms with Crippen molar-refractivity contribution in [3.63, 3.8) is 0 Å². The minimum Gasteiger partial charge on any atom is -0.340 e. The van der Waals surface area contributed by atoms with E-state index in [0.717, 1.165) is 25.8 Å². The Morgan fingerprint density at radius 1 is 1.33 bits per heavy atom. The van der Waals surface area contributed by atoms with Crippen molar-refractivity contribution in [2.45, 2.75) is 58.9 Å². The molecule has 0 aliphatic carbocycles. The Morgan fingerprint density at radius 2 is 2.17 bits per heavy atom. The summed E-state index contributed by atoms with van der Waals surface area (Å²) in [5, 5.41) is 3.94. The van der Waals surface area contributed by atoms with Crippen molar-refractivity contribution >= 4 is 5.91 Å². The maximum absolute atomic E-state index is 12.5. The highest BCUT2D eigenvalue weighted by molar-refractivity contribution is 5.76. The molecule has 0 saturated heterocycles. The molecule has 1 amide bonds. The fourth-order valence-corrected chi connectivity index (χ4v) is 2.45. The van der Waals surface area contributed by atoms with Crippen LogP contribution in [-0.4, -0.2) is 38.5 Å². The smallest absolute Gasteiger partial charge is 0.227 e. The Hall–Kier alpha value is -2.24. The average Bonchev–Trinajstić information content (AvgIpc) is 3.09. The number of pyridine rings is 1. The summed E-state index contributed by atoms with van der Waals surface area (Å²) in [4.78, 5) is 23.0. The molecule has 0 aliphatic rings. The van der Waals surface area contributed by atoms with Crippen LogP contribution in [0.1, 0.15) is 52.3 Å². The molecular formula is C18H26N4O2. The van der Waals surface area contributed by atoms with Crippen molar-refractivity contribution in [3.8, 4) is 11.5 Å². The van der Waals surface area contributed by atoms with Crippen molar-refractivity contribution < 1.29 is 9.32 Å². The highest BCUT2D eigenvalue weighted by atomic mass is 16.5. The summed E-state index contributed by atoms with van der Waals surface area (Å²) in [7, 11) is 0. The second-order valence-corrected chi connectivity index (χ2v) is 5.92. The van der Waals surface area contributed by atoms with Gasteiger partial charge in [-0.1, -0.05) is 31.5 Å². The fraction of sp³-hybridized carbons (Fsp3) is 0.556. The maximum atomic E-state index is 12.5. The normalized spacial score (nSPS) is 12.1. The van der Waals surface area contributed by atoms with Crippen LogP contribution in [0.2, 0.25) is 0 Å². The fourth-order valence-electron chi connectivity index (χ4n) is 2.45. The van der Waals surface area contributed by atoms with Gasteiger partial charge >= 0.3 is 0 Å². The number of amides is 1. The van der Waals surface area contributed by atoms with Gasteiger partial charge in [0, 0.05) is 31.6 Å².